The number of anilines is 2. The van der Waals surface area contributed by atoms with Crippen molar-refractivity contribution in [2.45, 2.75) is 11.8 Å². The van der Waals surface area contributed by atoms with Crippen molar-refractivity contribution in [2.75, 3.05) is 23.7 Å². The Kier molecular flexibility index (Phi) is 4.09. The van der Waals surface area contributed by atoms with E-state index in [0.717, 1.165) is 11.3 Å². The molecule has 2 aromatic carbocycles. The molecule has 0 fully saturated rings. The van der Waals surface area contributed by atoms with Gasteiger partial charge in [-0.05, 0) is 48.9 Å². The molecule has 0 amide bonds. The Morgan fingerprint density at radius 2 is 1.67 bits per heavy atom. The van der Waals surface area contributed by atoms with Crippen LogP contribution in [0.5, 0.6) is 5.75 Å². The Bertz CT molecular complexity index is 738. The molecule has 0 spiro atoms. The molecule has 0 aliphatic rings. The number of nitrogens with one attached hydrogen (secondary N) is 1. The van der Waals surface area contributed by atoms with Crippen LogP contribution in [0.1, 0.15) is 5.56 Å². The number of hydrogen-bond donors (Lipinski definition) is 2. The second-order valence-electron chi connectivity index (χ2n) is 5.00. The van der Waals surface area contributed by atoms with Crippen LogP contribution in [-0.4, -0.2) is 27.6 Å². The van der Waals surface area contributed by atoms with Crippen LogP contribution in [-0.2, 0) is 10.0 Å². The molecule has 112 valence electrons. The lowest BCUT2D eigenvalue weighted by Gasteiger charge is -2.17. The molecule has 0 unspecified atom stereocenters. The summed E-state index contributed by atoms with van der Waals surface area (Å²) in [4.78, 5) is 2.03. The zero-order valence-electron chi connectivity index (χ0n) is 12.2. The maximum Gasteiger partial charge on any atom is 0.261 e. The molecule has 2 rings (SSSR count). The normalized spacial score (nSPS) is 11.2. The van der Waals surface area contributed by atoms with Gasteiger partial charge in [-0.3, -0.25) is 4.72 Å². The van der Waals surface area contributed by atoms with E-state index in [4.69, 9.17) is 0 Å². The van der Waals surface area contributed by atoms with Gasteiger partial charge in [0.1, 0.15) is 5.75 Å². The van der Waals surface area contributed by atoms with E-state index >= 15 is 0 Å². The minimum absolute atomic E-state index is 0.0270. The van der Waals surface area contributed by atoms with Crippen molar-refractivity contribution < 1.29 is 13.5 Å². The first kappa shape index (κ1) is 15.2. The van der Waals surface area contributed by atoms with Crippen LogP contribution < -0.4 is 9.62 Å². The van der Waals surface area contributed by atoms with Crippen molar-refractivity contribution in [1.29, 1.82) is 0 Å². The lowest BCUT2D eigenvalue weighted by atomic mass is 10.2. The quantitative estimate of drug-likeness (QED) is 0.911. The molecule has 0 heterocycles. The zero-order chi connectivity index (χ0) is 15.6. The van der Waals surface area contributed by atoms with Gasteiger partial charge in [0, 0.05) is 19.8 Å². The molecular weight excluding hydrogens is 288 g/mol. The van der Waals surface area contributed by atoms with Gasteiger partial charge in [-0.2, -0.15) is 0 Å². The van der Waals surface area contributed by atoms with E-state index in [-0.39, 0.29) is 10.6 Å². The first-order valence-corrected chi connectivity index (χ1v) is 7.88. The lowest BCUT2D eigenvalue weighted by molar-refractivity contribution is 0.475. The van der Waals surface area contributed by atoms with Gasteiger partial charge in [0.25, 0.3) is 10.0 Å². The van der Waals surface area contributed by atoms with Crippen LogP contribution in [0.2, 0.25) is 0 Å². The number of rotatable bonds is 4. The molecule has 5 nitrogen and oxygen atoms in total. The van der Waals surface area contributed by atoms with Crippen molar-refractivity contribution in [3.05, 3.63) is 48.0 Å². The van der Waals surface area contributed by atoms with E-state index < -0.39 is 10.0 Å². The highest BCUT2D eigenvalue weighted by atomic mass is 32.2. The number of phenolic OH excluding ortho intramolecular Hbond substituents is 1. The van der Waals surface area contributed by atoms with Gasteiger partial charge in [0.05, 0.1) is 10.6 Å². The molecule has 2 aromatic rings. The summed E-state index contributed by atoms with van der Waals surface area (Å²) >= 11 is 0. The van der Waals surface area contributed by atoms with Crippen LogP contribution >= 0.6 is 0 Å². The Balaban J connectivity index is 2.33. The monoisotopic (exact) mass is 306 g/mol. The van der Waals surface area contributed by atoms with Crippen molar-refractivity contribution in [2.24, 2.45) is 0 Å². The topological polar surface area (TPSA) is 69.6 Å². The van der Waals surface area contributed by atoms with Gasteiger partial charge in [-0.15, -0.1) is 0 Å². The van der Waals surface area contributed by atoms with Gasteiger partial charge in [0.15, 0.2) is 0 Å². The molecule has 0 saturated carbocycles. The summed E-state index contributed by atoms with van der Waals surface area (Å²) in [5.74, 6) is 0.0270. The summed E-state index contributed by atoms with van der Waals surface area (Å²) in [6.07, 6.45) is 0. The predicted octanol–water partition coefficient (Wildman–Crippen LogP) is 2.57. The highest BCUT2D eigenvalue weighted by molar-refractivity contribution is 7.92. The van der Waals surface area contributed by atoms with Crippen LogP contribution in [0.3, 0.4) is 0 Å². The molecule has 6 heteroatoms. The minimum atomic E-state index is -3.67. The van der Waals surface area contributed by atoms with Crippen molar-refractivity contribution in [3.63, 3.8) is 0 Å². The zero-order valence-corrected chi connectivity index (χ0v) is 13.0. The number of aryl methyl sites for hydroxylation is 1. The van der Waals surface area contributed by atoms with Gasteiger partial charge < -0.3 is 10.0 Å². The lowest BCUT2D eigenvalue weighted by Crippen LogP contribution is -2.14. The molecule has 0 atom stereocenters. The Morgan fingerprint density at radius 3 is 2.24 bits per heavy atom. The van der Waals surface area contributed by atoms with E-state index in [1.54, 1.807) is 12.1 Å². The van der Waals surface area contributed by atoms with E-state index in [1.165, 1.54) is 24.3 Å². The molecule has 0 bridgehead atoms. The summed E-state index contributed by atoms with van der Waals surface area (Å²) in [5.41, 5.74) is 2.51. The fourth-order valence-electron chi connectivity index (χ4n) is 1.99. The average Bonchev–Trinajstić information content (AvgIpc) is 2.41. The highest BCUT2D eigenvalue weighted by Gasteiger charge is 2.14. The Hall–Kier alpha value is -2.21. The van der Waals surface area contributed by atoms with E-state index in [2.05, 4.69) is 4.72 Å². The molecule has 21 heavy (non-hydrogen) atoms. The van der Waals surface area contributed by atoms with Gasteiger partial charge >= 0.3 is 0 Å². The minimum Gasteiger partial charge on any atom is -0.508 e. The number of sulfonamides is 1. The number of nitrogens with zero attached hydrogens (tertiary/aromatic N) is 1. The second-order valence-corrected chi connectivity index (χ2v) is 6.68. The predicted molar refractivity (Wildman–Crippen MR) is 84.4 cm³/mol. The van der Waals surface area contributed by atoms with Crippen LogP contribution in [0.15, 0.2) is 47.4 Å². The summed E-state index contributed by atoms with van der Waals surface area (Å²) < 4.78 is 27.1. The van der Waals surface area contributed by atoms with Crippen molar-refractivity contribution >= 4 is 21.4 Å². The molecule has 0 aliphatic carbocycles. The molecule has 0 saturated heterocycles. The third kappa shape index (κ3) is 3.46. The smallest absolute Gasteiger partial charge is 0.261 e. The van der Waals surface area contributed by atoms with E-state index in [0.29, 0.717) is 5.69 Å². The summed E-state index contributed by atoms with van der Waals surface area (Å²) in [6, 6.07) is 10.8. The molecular formula is C15H18N2O3S. The first-order valence-electron chi connectivity index (χ1n) is 6.39. The van der Waals surface area contributed by atoms with Crippen LogP contribution in [0.25, 0.3) is 0 Å². The summed E-state index contributed by atoms with van der Waals surface area (Å²) in [5, 5.41) is 9.22. The second kappa shape index (κ2) is 5.65. The molecule has 0 radical (unpaired) electrons. The Morgan fingerprint density at radius 1 is 1.05 bits per heavy atom. The van der Waals surface area contributed by atoms with Crippen molar-refractivity contribution in [1.82, 2.24) is 0 Å². The third-order valence-corrected chi connectivity index (χ3v) is 4.49. The van der Waals surface area contributed by atoms with Gasteiger partial charge in [-0.25, -0.2) is 8.42 Å². The summed E-state index contributed by atoms with van der Waals surface area (Å²) in [7, 11) is 0.142. The first-order chi connectivity index (χ1) is 9.79. The number of phenols is 1. The maximum atomic E-state index is 12.3. The molecule has 0 aromatic heterocycles. The third-order valence-electron chi connectivity index (χ3n) is 3.09. The number of hydrogen-bond acceptors (Lipinski definition) is 4. The molecule has 0 aliphatic heterocycles. The maximum absolute atomic E-state index is 12.3. The van der Waals surface area contributed by atoms with Crippen LogP contribution in [0, 0.1) is 6.92 Å². The largest absolute Gasteiger partial charge is 0.508 e. The number of benzene rings is 2. The van der Waals surface area contributed by atoms with Gasteiger partial charge in [0.2, 0.25) is 0 Å². The van der Waals surface area contributed by atoms with E-state index in [1.807, 2.05) is 32.0 Å². The number of aromatic hydroxyl groups is 1. The standard InChI is InChI=1S/C15H18N2O3S/c1-11-4-5-12(10-15(11)17(2)3)16-21(19,20)14-8-6-13(18)7-9-14/h4-10,16,18H,1-3H3. The molecule has 2 N–H and O–H groups in total. The average molecular weight is 306 g/mol. The fourth-order valence-corrected chi connectivity index (χ4v) is 3.04. The fraction of sp³-hybridized carbons (Fsp3) is 0.200. The highest BCUT2D eigenvalue weighted by Crippen LogP contribution is 2.25. The van der Waals surface area contributed by atoms with Crippen molar-refractivity contribution in [3.8, 4) is 5.75 Å². The SMILES string of the molecule is Cc1ccc(NS(=O)(=O)c2ccc(O)cc2)cc1N(C)C. The van der Waals surface area contributed by atoms with E-state index in [9.17, 15) is 13.5 Å². The van der Waals surface area contributed by atoms with Gasteiger partial charge in [-0.1, -0.05) is 6.07 Å². The van der Waals surface area contributed by atoms with Crippen LogP contribution in [0.4, 0.5) is 11.4 Å². The summed E-state index contributed by atoms with van der Waals surface area (Å²) in [6.45, 7) is 1.97. The Labute approximate surface area is 124 Å².